The van der Waals surface area contributed by atoms with Crippen LogP contribution in [0.2, 0.25) is 0 Å². The molecule has 0 radical (unpaired) electrons. The molecule has 0 unspecified atom stereocenters. The first kappa shape index (κ1) is 37.7. The zero-order valence-electron chi connectivity index (χ0n) is 33.6. The van der Waals surface area contributed by atoms with Gasteiger partial charge in [-0.15, -0.1) is 0 Å². The van der Waals surface area contributed by atoms with Gasteiger partial charge in [0, 0.05) is 27.4 Å². The number of hydrogen-bond acceptors (Lipinski definition) is 1. The minimum atomic E-state index is 0.458. The molecule has 0 amide bonds. The molecular formula is C58H44N2. The van der Waals surface area contributed by atoms with Gasteiger partial charge >= 0.3 is 0 Å². The molecule has 2 N–H and O–H groups in total. The third-order valence-corrected chi connectivity index (χ3v) is 11.2. The molecule has 60 heavy (non-hydrogen) atoms. The van der Waals surface area contributed by atoms with Crippen molar-refractivity contribution >= 4 is 59.8 Å². The van der Waals surface area contributed by atoms with Crippen LogP contribution < -0.4 is 0 Å². The number of allylic oxidation sites excluding steroid dienone is 1. The lowest BCUT2D eigenvalue weighted by Gasteiger charge is -2.10. The third-order valence-electron chi connectivity index (χ3n) is 11.2. The van der Waals surface area contributed by atoms with E-state index in [-0.39, 0.29) is 0 Å². The fraction of sp³-hybridized carbons (Fsp3) is 0.0172. The summed E-state index contributed by atoms with van der Waals surface area (Å²) in [6.45, 7) is 5.80. The molecule has 1 aromatic heterocycles. The van der Waals surface area contributed by atoms with Crippen molar-refractivity contribution in [3.63, 3.8) is 0 Å². The van der Waals surface area contributed by atoms with Crippen LogP contribution in [0.5, 0.6) is 0 Å². The summed E-state index contributed by atoms with van der Waals surface area (Å²) >= 11 is 0. The predicted molar refractivity (Wildman–Crippen MR) is 259 cm³/mol. The highest BCUT2D eigenvalue weighted by Gasteiger charge is 2.10. The molecule has 0 aliphatic heterocycles. The monoisotopic (exact) mass is 768 g/mol. The highest BCUT2D eigenvalue weighted by Crippen LogP contribution is 2.36. The second-order valence-electron chi connectivity index (χ2n) is 15.0. The Hall–Kier alpha value is -7.81. The zero-order valence-corrected chi connectivity index (χ0v) is 33.6. The number of rotatable bonds is 5. The summed E-state index contributed by atoms with van der Waals surface area (Å²) < 4.78 is 0. The number of nitrogens with one attached hydrogen (secondary N) is 2. The summed E-state index contributed by atoms with van der Waals surface area (Å²) in [4.78, 5) is 3.54. The molecule has 1 heterocycles. The van der Waals surface area contributed by atoms with E-state index < -0.39 is 0 Å². The quantitative estimate of drug-likeness (QED) is 0.129. The van der Waals surface area contributed by atoms with Gasteiger partial charge in [0.2, 0.25) is 0 Å². The molecule has 0 bridgehead atoms. The maximum absolute atomic E-state index is 7.85. The van der Waals surface area contributed by atoms with Gasteiger partial charge in [-0.05, 0) is 103 Å². The fourth-order valence-corrected chi connectivity index (χ4v) is 8.24. The number of aromatic nitrogens is 1. The Kier molecular flexibility index (Phi) is 10.7. The SMILES string of the molecule is C=CC(=N)c1ccccc1-c1ccccc1.Cc1ccc2c3ccccc3c3ccccc3c2c1.c1ccc(-c2ccc3[nH]c4ccc(-c5ccccc5)cc4c3c2)cc1. The largest absolute Gasteiger partial charge is 0.355 e. The Morgan fingerprint density at radius 1 is 0.383 bits per heavy atom. The Morgan fingerprint density at radius 3 is 1.30 bits per heavy atom. The van der Waals surface area contributed by atoms with Gasteiger partial charge in [-0.1, -0.05) is 206 Å². The van der Waals surface area contributed by atoms with Crippen molar-refractivity contribution in [2.75, 3.05) is 0 Å². The molecule has 0 spiro atoms. The van der Waals surface area contributed by atoms with E-state index in [1.54, 1.807) is 6.08 Å². The van der Waals surface area contributed by atoms with E-state index in [4.69, 9.17) is 5.41 Å². The van der Waals surface area contributed by atoms with E-state index in [1.807, 2.05) is 42.5 Å². The molecular weight excluding hydrogens is 725 g/mol. The van der Waals surface area contributed by atoms with Crippen LogP contribution in [0, 0.1) is 12.3 Å². The topological polar surface area (TPSA) is 39.6 Å². The van der Waals surface area contributed by atoms with Crippen molar-refractivity contribution < 1.29 is 0 Å². The first-order valence-electron chi connectivity index (χ1n) is 20.4. The summed E-state index contributed by atoms with van der Waals surface area (Å²) in [6.07, 6.45) is 1.57. The molecule has 0 fully saturated rings. The normalized spacial score (nSPS) is 10.9. The lowest BCUT2D eigenvalue weighted by atomic mass is 9.93. The Bertz CT molecular complexity index is 3160. The van der Waals surface area contributed by atoms with E-state index >= 15 is 0 Å². The average molecular weight is 769 g/mol. The molecule has 2 heteroatoms. The molecule has 0 saturated heterocycles. The van der Waals surface area contributed by atoms with Gasteiger partial charge in [0.15, 0.2) is 0 Å². The van der Waals surface area contributed by atoms with Gasteiger partial charge in [-0.3, -0.25) is 0 Å². The van der Waals surface area contributed by atoms with Gasteiger partial charge in [-0.25, -0.2) is 0 Å². The van der Waals surface area contributed by atoms with Crippen molar-refractivity contribution in [3.8, 4) is 33.4 Å². The first-order valence-corrected chi connectivity index (χ1v) is 20.4. The molecule has 0 aliphatic carbocycles. The number of aryl methyl sites for hydroxylation is 1. The van der Waals surface area contributed by atoms with E-state index in [2.05, 4.69) is 194 Å². The van der Waals surface area contributed by atoms with E-state index in [9.17, 15) is 0 Å². The van der Waals surface area contributed by atoms with Gasteiger partial charge < -0.3 is 10.4 Å². The lowest BCUT2D eigenvalue weighted by molar-refractivity contribution is 1.49. The van der Waals surface area contributed by atoms with Crippen LogP contribution >= 0.6 is 0 Å². The number of hydrogen-bond donors (Lipinski definition) is 2. The summed E-state index contributed by atoms with van der Waals surface area (Å²) in [5, 5.41) is 18.5. The second-order valence-corrected chi connectivity index (χ2v) is 15.0. The van der Waals surface area contributed by atoms with Crippen molar-refractivity contribution in [1.29, 1.82) is 5.41 Å². The maximum atomic E-state index is 7.85. The summed E-state index contributed by atoms with van der Waals surface area (Å²) in [5.74, 6) is 0. The Balaban J connectivity index is 0.000000119. The van der Waals surface area contributed by atoms with Crippen LogP contribution in [0.3, 0.4) is 0 Å². The molecule has 0 aliphatic rings. The number of benzene rings is 10. The zero-order chi connectivity index (χ0) is 40.8. The van der Waals surface area contributed by atoms with E-state index in [0.717, 1.165) is 16.7 Å². The molecule has 10 aromatic carbocycles. The molecule has 0 atom stereocenters. The molecule has 11 rings (SSSR count). The summed E-state index contributed by atoms with van der Waals surface area (Å²) in [7, 11) is 0. The Labute approximate surface area is 351 Å². The van der Waals surface area contributed by atoms with Gasteiger partial charge in [-0.2, -0.15) is 0 Å². The van der Waals surface area contributed by atoms with Crippen LogP contribution in [0.15, 0.2) is 231 Å². The van der Waals surface area contributed by atoms with Gasteiger partial charge in [0.05, 0.1) is 5.71 Å². The van der Waals surface area contributed by atoms with Crippen molar-refractivity contribution in [1.82, 2.24) is 4.98 Å². The minimum Gasteiger partial charge on any atom is -0.355 e. The van der Waals surface area contributed by atoms with Crippen molar-refractivity contribution in [2.24, 2.45) is 0 Å². The smallest absolute Gasteiger partial charge is 0.0612 e. The standard InChI is InChI=1S/C24H17N.C19H14.C15H13N/c1-3-7-17(8-4-1)19-11-13-23-21(15-19)22-16-20(12-14-24(22)25-23)18-9-5-2-6-10-18;1-13-10-11-18-16-8-3-2-6-14(16)15-7-4-5-9-17(15)19(18)12-13;1-2-15(16)14-11-7-6-10-13(14)12-8-4-3-5-9-12/h1-16,25H;2-12H,1H3;2-11,16H,1H2. The van der Waals surface area contributed by atoms with Crippen molar-refractivity contribution in [2.45, 2.75) is 6.92 Å². The summed E-state index contributed by atoms with van der Waals surface area (Å²) in [6, 6.07) is 76.5. The highest BCUT2D eigenvalue weighted by molar-refractivity contribution is 6.25. The van der Waals surface area contributed by atoms with E-state index in [1.165, 1.54) is 81.9 Å². The van der Waals surface area contributed by atoms with Gasteiger partial charge in [0.25, 0.3) is 0 Å². The van der Waals surface area contributed by atoms with Crippen LogP contribution in [-0.2, 0) is 0 Å². The second kappa shape index (κ2) is 17.0. The average Bonchev–Trinajstić information content (AvgIpc) is 3.70. The molecule has 0 saturated carbocycles. The lowest BCUT2D eigenvalue weighted by Crippen LogP contribution is -1.96. The van der Waals surface area contributed by atoms with Gasteiger partial charge in [0.1, 0.15) is 0 Å². The molecule has 286 valence electrons. The number of fused-ring (bicyclic) bond motifs is 9. The Morgan fingerprint density at radius 2 is 0.800 bits per heavy atom. The summed E-state index contributed by atoms with van der Waals surface area (Å²) in [5.41, 5.74) is 12.3. The molecule has 2 nitrogen and oxygen atoms in total. The van der Waals surface area contributed by atoms with Crippen LogP contribution in [0.4, 0.5) is 0 Å². The van der Waals surface area contributed by atoms with Crippen LogP contribution in [0.1, 0.15) is 11.1 Å². The fourth-order valence-electron chi connectivity index (χ4n) is 8.24. The number of aromatic amines is 1. The van der Waals surface area contributed by atoms with Crippen molar-refractivity contribution in [3.05, 3.63) is 242 Å². The predicted octanol–water partition coefficient (Wildman–Crippen LogP) is 16.0. The van der Waals surface area contributed by atoms with Crippen LogP contribution in [-0.4, -0.2) is 10.7 Å². The van der Waals surface area contributed by atoms with Crippen LogP contribution in [0.25, 0.3) is 87.5 Å². The first-order chi connectivity index (χ1) is 29.6. The van der Waals surface area contributed by atoms with E-state index in [0.29, 0.717) is 5.71 Å². The maximum Gasteiger partial charge on any atom is 0.0612 e. The minimum absolute atomic E-state index is 0.458. The molecule has 11 aromatic rings. The highest BCUT2D eigenvalue weighted by atomic mass is 14.7. The number of H-pyrrole nitrogens is 1. The third kappa shape index (κ3) is 7.63.